The summed E-state index contributed by atoms with van der Waals surface area (Å²) in [6.07, 6.45) is 0.937. The zero-order valence-corrected chi connectivity index (χ0v) is 11.2. The largest absolute Gasteiger partial charge is 0.296 e. The van der Waals surface area contributed by atoms with Crippen molar-refractivity contribution in [2.24, 2.45) is 11.8 Å². The standard InChI is InChI=1S/C15H18FNO2/c1-9(2)6-13-12(8-14(18)17-15(13)19)10-4-3-5-11(16)7-10/h3-5,7,9,12-13H,6,8H2,1-2H3,(H,17,18,19). The van der Waals surface area contributed by atoms with Crippen LogP contribution in [0.5, 0.6) is 0 Å². The number of carbonyl (C=O) groups excluding carboxylic acids is 2. The van der Waals surface area contributed by atoms with Crippen LogP contribution in [0, 0.1) is 17.7 Å². The van der Waals surface area contributed by atoms with Gasteiger partial charge in [-0.2, -0.15) is 0 Å². The fourth-order valence-electron chi connectivity index (χ4n) is 2.67. The van der Waals surface area contributed by atoms with Crippen molar-refractivity contribution in [3.63, 3.8) is 0 Å². The molecule has 1 aromatic carbocycles. The summed E-state index contributed by atoms with van der Waals surface area (Å²) >= 11 is 0. The molecule has 1 heterocycles. The van der Waals surface area contributed by atoms with E-state index in [1.807, 2.05) is 13.8 Å². The second kappa shape index (κ2) is 5.51. The van der Waals surface area contributed by atoms with Crippen molar-refractivity contribution in [2.75, 3.05) is 0 Å². The number of nitrogens with one attached hydrogen (secondary N) is 1. The summed E-state index contributed by atoms with van der Waals surface area (Å²) < 4.78 is 13.3. The number of halogens is 1. The Morgan fingerprint density at radius 3 is 2.74 bits per heavy atom. The fourth-order valence-corrected chi connectivity index (χ4v) is 2.67. The summed E-state index contributed by atoms with van der Waals surface area (Å²) in [5, 5.41) is 2.38. The molecule has 0 radical (unpaired) electrons. The van der Waals surface area contributed by atoms with E-state index in [9.17, 15) is 14.0 Å². The smallest absolute Gasteiger partial charge is 0.230 e. The summed E-state index contributed by atoms with van der Waals surface area (Å²) in [4.78, 5) is 23.5. The molecule has 4 heteroatoms. The molecule has 1 aliphatic heterocycles. The third kappa shape index (κ3) is 3.19. The molecule has 2 rings (SSSR count). The summed E-state index contributed by atoms with van der Waals surface area (Å²) in [5.41, 5.74) is 0.730. The van der Waals surface area contributed by atoms with Crippen LogP contribution in [0.4, 0.5) is 4.39 Å². The molecule has 3 nitrogen and oxygen atoms in total. The van der Waals surface area contributed by atoms with Gasteiger partial charge in [0.25, 0.3) is 0 Å². The molecule has 19 heavy (non-hydrogen) atoms. The highest BCUT2D eigenvalue weighted by atomic mass is 19.1. The van der Waals surface area contributed by atoms with Gasteiger partial charge in [-0.25, -0.2) is 4.39 Å². The minimum Gasteiger partial charge on any atom is -0.296 e. The Bertz CT molecular complexity index is 499. The maximum Gasteiger partial charge on any atom is 0.230 e. The van der Waals surface area contributed by atoms with Crippen LogP contribution < -0.4 is 5.32 Å². The number of carbonyl (C=O) groups is 2. The van der Waals surface area contributed by atoms with E-state index in [2.05, 4.69) is 5.32 Å². The molecule has 1 aromatic rings. The topological polar surface area (TPSA) is 46.2 Å². The average Bonchev–Trinajstić information content (AvgIpc) is 2.32. The lowest BCUT2D eigenvalue weighted by Crippen LogP contribution is -2.45. The van der Waals surface area contributed by atoms with Crippen molar-refractivity contribution in [1.82, 2.24) is 5.32 Å². The first-order chi connectivity index (χ1) is 8.97. The molecule has 0 aliphatic carbocycles. The van der Waals surface area contributed by atoms with E-state index >= 15 is 0 Å². The normalized spacial score (nSPS) is 23.6. The molecule has 102 valence electrons. The summed E-state index contributed by atoms with van der Waals surface area (Å²) in [6, 6.07) is 6.19. The summed E-state index contributed by atoms with van der Waals surface area (Å²) in [6.45, 7) is 4.07. The number of benzene rings is 1. The van der Waals surface area contributed by atoms with Crippen molar-refractivity contribution >= 4 is 11.8 Å². The van der Waals surface area contributed by atoms with E-state index in [4.69, 9.17) is 0 Å². The van der Waals surface area contributed by atoms with E-state index < -0.39 is 0 Å². The predicted molar refractivity (Wildman–Crippen MR) is 69.9 cm³/mol. The van der Waals surface area contributed by atoms with Gasteiger partial charge in [0.2, 0.25) is 11.8 Å². The van der Waals surface area contributed by atoms with Gasteiger partial charge in [0, 0.05) is 18.3 Å². The maximum atomic E-state index is 13.3. The lowest BCUT2D eigenvalue weighted by Gasteiger charge is -2.31. The first-order valence-electron chi connectivity index (χ1n) is 6.56. The van der Waals surface area contributed by atoms with Gasteiger partial charge in [-0.05, 0) is 30.0 Å². The molecule has 2 unspecified atom stereocenters. The van der Waals surface area contributed by atoms with E-state index in [1.54, 1.807) is 12.1 Å². The average molecular weight is 263 g/mol. The Kier molecular flexibility index (Phi) is 3.98. The van der Waals surface area contributed by atoms with Crippen LogP contribution in [0.3, 0.4) is 0 Å². The lowest BCUT2D eigenvalue weighted by atomic mass is 9.76. The Hall–Kier alpha value is -1.71. The van der Waals surface area contributed by atoms with Gasteiger partial charge in [0.05, 0.1) is 0 Å². The minimum atomic E-state index is -0.334. The third-order valence-electron chi connectivity index (χ3n) is 3.49. The van der Waals surface area contributed by atoms with Gasteiger partial charge >= 0.3 is 0 Å². The lowest BCUT2D eigenvalue weighted by molar-refractivity contribution is -0.137. The third-order valence-corrected chi connectivity index (χ3v) is 3.49. The number of imide groups is 1. The van der Waals surface area contributed by atoms with Gasteiger partial charge in [0.15, 0.2) is 0 Å². The molecular formula is C15H18FNO2. The van der Waals surface area contributed by atoms with Crippen molar-refractivity contribution < 1.29 is 14.0 Å². The Morgan fingerprint density at radius 2 is 2.11 bits per heavy atom. The zero-order chi connectivity index (χ0) is 14.0. The quantitative estimate of drug-likeness (QED) is 0.852. The van der Waals surface area contributed by atoms with Gasteiger partial charge < -0.3 is 0 Å². The van der Waals surface area contributed by atoms with Gasteiger partial charge in [0.1, 0.15) is 5.82 Å². The maximum absolute atomic E-state index is 13.3. The number of rotatable bonds is 3. The molecule has 1 aliphatic rings. The first-order valence-corrected chi connectivity index (χ1v) is 6.56. The zero-order valence-electron chi connectivity index (χ0n) is 11.2. The summed E-state index contributed by atoms with van der Waals surface area (Å²) in [7, 11) is 0. The fraction of sp³-hybridized carbons (Fsp3) is 0.467. The van der Waals surface area contributed by atoms with Crippen LogP contribution in [0.1, 0.15) is 38.2 Å². The molecule has 2 amide bonds. The van der Waals surface area contributed by atoms with Crippen LogP contribution in [0.2, 0.25) is 0 Å². The van der Waals surface area contributed by atoms with E-state index in [0.717, 1.165) is 5.56 Å². The second-order valence-corrected chi connectivity index (χ2v) is 5.51. The van der Waals surface area contributed by atoms with Gasteiger partial charge in [-0.15, -0.1) is 0 Å². The molecule has 0 aromatic heterocycles. The molecule has 0 spiro atoms. The molecule has 0 bridgehead atoms. The van der Waals surface area contributed by atoms with E-state index in [-0.39, 0.29) is 35.9 Å². The summed E-state index contributed by atoms with van der Waals surface area (Å²) in [5.74, 6) is -0.989. The molecule has 2 atom stereocenters. The SMILES string of the molecule is CC(C)CC1C(=O)NC(=O)CC1c1cccc(F)c1. The van der Waals surface area contributed by atoms with Crippen molar-refractivity contribution in [3.8, 4) is 0 Å². The van der Waals surface area contributed by atoms with Gasteiger partial charge in [-0.3, -0.25) is 14.9 Å². The van der Waals surface area contributed by atoms with Crippen LogP contribution in [0.15, 0.2) is 24.3 Å². The molecule has 0 saturated carbocycles. The van der Waals surface area contributed by atoms with Crippen molar-refractivity contribution in [1.29, 1.82) is 0 Å². The van der Waals surface area contributed by atoms with E-state index in [0.29, 0.717) is 12.3 Å². The van der Waals surface area contributed by atoms with Crippen LogP contribution in [-0.4, -0.2) is 11.8 Å². The Balaban J connectivity index is 2.32. The van der Waals surface area contributed by atoms with Crippen LogP contribution in [0.25, 0.3) is 0 Å². The highest BCUT2D eigenvalue weighted by Gasteiger charge is 2.36. The predicted octanol–water partition coefficient (Wildman–Crippen LogP) is 2.62. The molecule has 1 N–H and O–H groups in total. The first kappa shape index (κ1) is 13.7. The second-order valence-electron chi connectivity index (χ2n) is 5.51. The number of hydrogen-bond acceptors (Lipinski definition) is 2. The monoisotopic (exact) mass is 263 g/mol. The number of hydrogen-bond donors (Lipinski definition) is 1. The molecule has 1 saturated heterocycles. The highest BCUT2D eigenvalue weighted by molar-refractivity contribution is 5.99. The van der Waals surface area contributed by atoms with Gasteiger partial charge in [-0.1, -0.05) is 26.0 Å². The highest BCUT2D eigenvalue weighted by Crippen LogP contribution is 2.35. The number of piperidine rings is 1. The van der Waals surface area contributed by atoms with Crippen LogP contribution >= 0.6 is 0 Å². The number of amides is 2. The Morgan fingerprint density at radius 1 is 1.37 bits per heavy atom. The van der Waals surface area contributed by atoms with E-state index in [1.165, 1.54) is 12.1 Å². The minimum absolute atomic E-state index is 0.223. The Labute approximate surface area is 112 Å². The molecule has 1 fully saturated rings. The van der Waals surface area contributed by atoms with Crippen molar-refractivity contribution in [2.45, 2.75) is 32.6 Å². The van der Waals surface area contributed by atoms with Crippen LogP contribution in [-0.2, 0) is 9.59 Å². The van der Waals surface area contributed by atoms with Crippen molar-refractivity contribution in [3.05, 3.63) is 35.6 Å². The molecular weight excluding hydrogens is 245 g/mol.